The predicted octanol–water partition coefficient (Wildman–Crippen LogP) is 2.88. The van der Waals surface area contributed by atoms with Crippen LogP contribution in [0.2, 0.25) is 0 Å². The van der Waals surface area contributed by atoms with Crippen molar-refractivity contribution in [2.75, 3.05) is 13.7 Å². The summed E-state index contributed by atoms with van der Waals surface area (Å²) in [4.78, 5) is 22.8. The monoisotopic (exact) mass is 303 g/mol. The molecule has 0 saturated heterocycles. The van der Waals surface area contributed by atoms with Gasteiger partial charge in [0, 0.05) is 23.5 Å². The van der Waals surface area contributed by atoms with Gasteiger partial charge >= 0.3 is 0 Å². The number of aromatic nitrogens is 1. The normalized spacial score (nSPS) is 11.5. The van der Waals surface area contributed by atoms with E-state index in [1.807, 2.05) is 26.8 Å². The number of nitrogens with zero attached hydrogens (tertiary/aromatic N) is 2. The van der Waals surface area contributed by atoms with Crippen LogP contribution in [-0.2, 0) is 11.2 Å². The summed E-state index contributed by atoms with van der Waals surface area (Å²) in [7, 11) is 1.60. The van der Waals surface area contributed by atoms with Crippen LogP contribution in [0.3, 0.4) is 0 Å². The van der Waals surface area contributed by atoms with E-state index in [4.69, 9.17) is 4.74 Å². The molecule has 0 unspecified atom stereocenters. The molecule has 1 amide bonds. The number of hydrogen-bond acceptors (Lipinski definition) is 4. The molecule has 6 nitrogen and oxygen atoms in total. The van der Waals surface area contributed by atoms with Crippen LogP contribution in [-0.4, -0.2) is 24.2 Å². The average molecular weight is 303 g/mol. The van der Waals surface area contributed by atoms with Crippen LogP contribution >= 0.6 is 0 Å². The molecule has 0 bridgehead atoms. The maximum Gasteiger partial charge on any atom is 0.225 e. The molecule has 0 atom stereocenters. The zero-order chi connectivity index (χ0) is 16.3. The summed E-state index contributed by atoms with van der Waals surface area (Å²) in [6.07, 6.45) is 2.31. The number of hydrogen-bond donors (Lipinski definition) is 1. The van der Waals surface area contributed by atoms with E-state index < -0.39 is 5.41 Å². The van der Waals surface area contributed by atoms with Crippen molar-refractivity contribution in [3.05, 3.63) is 34.9 Å². The van der Waals surface area contributed by atoms with Gasteiger partial charge in [-0.25, -0.2) is 4.68 Å². The number of rotatable bonds is 5. The lowest BCUT2D eigenvalue weighted by molar-refractivity contribution is -0.128. The highest BCUT2D eigenvalue weighted by atomic mass is 16.5. The van der Waals surface area contributed by atoms with Gasteiger partial charge < -0.3 is 10.1 Å². The highest BCUT2D eigenvalue weighted by molar-refractivity contribution is 5.85. The third-order valence-corrected chi connectivity index (χ3v) is 3.52. The standard InChI is InChI=1S/C16H21N3O3/c1-16(2,3)15(20)17-8-7-11-10-19(18-21)14-6-5-12(22-4)9-13(11)14/h5-6,9-10H,7-8H2,1-4H3,(H,17,20). The number of nitroso groups, excluding NO2 is 1. The van der Waals surface area contributed by atoms with Crippen LogP contribution in [0.4, 0.5) is 0 Å². The number of amides is 1. The van der Waals surface area contributed by atoms with Crippen molar-refractivity contribution in [3.8, 4) is 5.75 Å². The highest BCUT2D eigenvalue weighted by Crippen LogP contribution is 2.26. The fourth-order valence-corrected chi connectivity index (χ4v) is 2.23. The second-order valence-corrected chi connectivity index (χ2v) is 6.22. The van der Waals surface area contributed by atoms with Gasteiger partial charge in [0.1, 0.15) is 5.75 Å². The summed E-state index contributed by atoms with van der Waals surface area (Å²) in [5.74, 6) is 0.721. The van der Waals surface area contributed by atoms with Gasteiger partial charge in [0.05, 0.1) is 17.9 Å². The van der Waals surface area contributed by atoms with Crippen molar-refractivity contribution < 1.29 is 9.53 Å². The lowest BCUT2D eigenvalue weighted by Crippen LogP contribution is -2.35. The molecule has 2 rings (SSSR count). The summed E-state index contributed by atoms with van der Waals surface area (Å²) in [5, 5.41) is 6.81. The first-order chi connectivity index (χ1) is 10.4. The molecule has 0 aliphatic heterocycles. The fraction of sp³-hybridized carbons (Fsp3) is 0.438. The average Bonchev–Trinajstić information content (AvgIpc) is 2.83. The van der Waals surface area contributed by atoms with Gasteiger partial charge in [-0.1, -0.05) is 20.8 Å². The Kier molecular flexibility index (Phi) is 4.49. The molecule has 0 fully saturated rings. The van der Waals surface area contributed by atoms with E-state index in [0.717, 1.165) is 22.2 Å². The van der Waals surface area contributed by atoms with Gasteiger partial charge in [0.15, 0.2) is 0 Å². The number of carbonyl (C=O) groups excluding carboxylic acids is 1. The Balaban J connectivity index is 2.20. The summed E-state index contributed by atoms with van der Waals surface area (Å²) < 4.78 is 6.52. The Morgan fingerprint density at radius 3 is 2.68 bits per heavy atom. The van der Waals surface area contributed by atoms with Gasteiger partial charge in [0.25, 0.3) is 0 Å². The molecule has 0 saturated carbocycles. The smallest absolute Gasteiger partial charge is 0.225 e. The number of fused-ring (bicyclic) bond motifs is 1. The van der Waals surface area contributed by atoms with Crippen LogP contribution in [0.1, 0.15) is 26.3 Å². The molecule has 22 heavy (non-hydrogen) atoms. The quantitative estimate of drug-likeness (QED) is 0.863. The highest BCUT2D eigenvalue weighted by Gasteiger charge is 2.20. The van der Waals surface area contributed by atoms with E-state index in [2.05, 4.69) is 10.6 Å². The molecule has 1 aromatic heterocycles. The Morgan fingerprint density at radius 2 is 2.09 bits per heavy atom. The Morgan fingerprint density at radius 1 is 1.36 bits per heavy atom. The molecule has 6 heteroatoms. The van der Waals surface area contributed by atoms with Gasteiger partial charge in [-0.15, -0.1) is 4.91 Å². The van der Waals surface area contributed by atoms with Crippen molar-refractivity contribution in [2.24, 2.45) is 10.7 Å². The second-order valence-electron chi connectivity index (χ2n) is 6.22. The van der Waals surface area contributed by atoms with Crippen molar-refractivity contribution in [3.63, 3.8) is 0 Å². The van der Waals surface area contributed by atoms with E-state index in [9.17, 15) is 9.70 Å². The van der Waals surface area contributed by atoms with Gasteiger partial charge in [-0.3, -0.25) is 4.79 Å². The first-order valence-electron chi connectivity index (χ1n) is 7.16. The molecule has 0 radical (unpaired) electrons. The molecule has 1 N–H and O–H groups in total. The number of carbonyl (C=O) groups is 1. The molecule has 0 spiro atoms. The minimum Gasteiger partial charge on any atom is -0.497 e. The Labute approximate surface area is 129 Å². The van der Waals surface area contributed by atoms with Crippen LogP contribution in [0.5, 0.6) is 5.75 Å². The third kappa shape index (κ3) is 3.27. The van der Waals surface area contributed by atoms with Crippen LogP contribution < -0.4 is 10.1 Å². The molecule has 2 aromatic rings. The zero-order valence-electron chi connectivity index (χ0n) is 13.3. The molecule has 0 aliphatic carbocycles. The number of benzene rings is 1. The zero-order valence-corrected chi connectivity index (χ0v) is 13.3. The lowest BCUT2D eigenvalue weighted by atomic mass is 9.95. The number of methoxy groups -OCH3 is 1. The minimum atomic E-state index is -0.415. The molecule has 118 valence electrons. The molecule has 1 aromatic carbocycles. The lowest BCUT2D eigenvalue weighted by Gasteiger charge is -2.17. The van der Waals surface area contributed by atoms with E-state index in [1.54, 1.807) is 25.4 Å². The number of nitrogens with one attached hydrogen (secondary N) is 1. The summed E-state index contributed by atoms with van der Waals surface area (Å²) in [6, 6.07) is 5.46. The summed E-state index contributed by atoms with van der Waals surface area (Å²) in [6.45, 7) is 6.12. The summed E-state index contributed by atoms with van der Waals surface area (Å²) in [5.41, 5.74) is 1.26. The van der Waals surface area contributed by atoms with Gasteiger partial charge in [0.2, 0.25) is 5.91 Å². The summed E-state index contributed by atoms with van der Waals surface area (Å²) >= 11 is 0. The predicted molar refractivity (Wildman–Crippen MR) is 85.9 cm³/mol. The molecular formula is C16H21N3O3. The van der Waals surface area contributed by atoms with Gasteiger partial charge in [-0.2, -0.15) is 0 Å². The fourth-order valence-electron chi connectivity index (χ4n) is 2.23. The maximum absolute atomic E-state index is 11.9. The van der Waals surface area contributed by atoms with Crippen molar-refractivity contribution in [1.82, 2.24) is 9.99 Å². The van der Waals surface area contributed by atoms with Crippen LogP contribution in [0.15, 0.2) is 29.7 Å². The maximum atomic E-state index is 11.9. The van der Waals surface area contributed by atoms with E-state index >= 15 is 0 Å². The van der Waals surface area contributed by atoms with E-state index in [-0.39, 0.29) is 5.91 Å². The second kappa shape index (κ2) is 6.17. The Bertz CT molecular complexity index is 698. The number of ether oxygens (including phenoxy) is 1. The molecule has 0 aliphatic rings. The van der Waals surface area contributed by atoms with Crippen LogP contribution in [0, 0.1) is 10.3 Å². The van der Waals surface area contributed by atoms with E-state index in [0.29, 0.717) is 13.0 Å². The molecular weight excluding hydrogens is 282 g/mol. The van der Waals surface area contributed by atoms with E-state index in [1.165, 1.54) is 4.68 Å². The first kappa shape index (κ1) is 16.0. The topological polar surface area (TPSA) is 72.7 Å². The first-order valence-corrected chi connectivity index (χ1v) is 7.16. The SMILES string of the molecule is COc1ccc2c(c1)c(CCNC(=O)C(C)(C)C)cn2N=O. The Hall–Kier alpha value is -2.37. The molecule has 1 heterocycles. The van der Waals surface area contributed by atoms with Crippen molar-refractivity contribution in [1.29, 1.82) is 0 Å². The van der Waals surface area contributed by atoms with Gasteiger partial charge in [-0.05, 0) is 30.2 Å². The minimum absolute atomic E-state index is 0.00216. The third-order valence-electron chi connectivity index (χ3n) is 3.52. The van der Waals surface area contributed by atoms with Crippen LogP contribution in [0.25, 0.3) is 10.9 Å². The largest absolute Gasteiger partial charge is 0.497 e. The van der Waals surface area contributed by atoms with Crippen molar-refractivity contribution in [2.45, 2.75) is 27.2 Å². The van der Waals surface area contributed by atoms with Crippen molar-refractivity contribution >= 4 is 16.8 Å².